The summed E-state index contributed by atoms with van der Waals surface area (Å²) in [6, 6.07) is 7.67. The molecular weight excluding hydrogens is 349 g/mol. The van der Waals surface area contributed by atoms with Gasteiger partial charge in [-0.3, -0.25) is 4.79 Å². The van der Waals surface area contributed by atoms with Crippen molar-refractivity contribution in [2.45, 2.75) is 24.0 Å². The average Bonchev–Trinajstić information content (AvgIpc) is 3.12. The van der Waals surface area contributed by atoms with Gasteiger partial charge in [0.05, 0.1) is 0 Å². The zero-order valence-corrected chi connectivity index (χ0v) is 14.9. The van der Waals surface area contributed by atoms with E-state index >= 15 is 0 Å². The van der Waals surface area contributed by atoms with Gasteiger partial charge in [0.2, 0.25) is 0 Å². The first kappa shape index (κ1) is 17.3. The van der Waals surface area contributed by atoms with Crippen molar-refractivity contribution in [1.29, 1.82) is 0 Å². The first-order valence-corrected chi connectivity index (χ1v) is 10.1. The summed E-state index contributed by atoms with van der Waals surface area (Å²) in [4.78, 5) is 12.6. The number of sulfonamides is 1. The number of hydrogen-bond donors (Lipinski definition) is 0. The molecule has 0 amide bonds. The standard InChI is InChI=1S/C17H18FNO3S2/c1-12-11-14(4-5-15(12)18)17(20)13-6-8-19(9-7-13)24(21,22)16-3-2-10-23-16/h2-5,10-11,13H,6-9H2,1H3. The molecule has 0 aliphatic carbocycles. The van der Waals surface area contributed by atoms with E-state index in [1.165, 1.54) is 27.8 Å². The molecule has 0 N–H and O–H groups in total. The van der Waals surface area contributed by atoms with Crippen LogP contribution in [0.25, 0.3) is 0 Å². The first-order chi connectivity index (χ1) is 11.4. The number of halogens is 1. The van der Waals surface area contributed by atoms with Crippen LogP contribution < -0.4 is 0 Å². The van der Waals surface area contributed by atoms with Crippen molar-refractivity contribution in [2.75, 3.05) is 13.1 Å². The molecule has 0 atom stereocenters. The molecule has 1 aliphatic heterocycles. The van der Waals surface area contributed by atoms with Crippen LogP contribution in [-0.2, 0) is 10.0 Å². The Morgan fingerprint density at radius 1 is 1.25 bits per heavy atom. The Morgan fingerprint density at radius 3 is 2.54 bits per heavy atom. The molecule has 24 heavy (non-hydrogen) atoms. The van der Waals surface area contributed by atoms with Crippen molar-refractivity contribution in [1.82, 2.24) is 4.31 Å². The van der Waals surface area contributed by atoms with Gasteiger partial charge in [-0.25, -0.2) is 12.8 Å². The molecule has 128 valence electrons. The molecule has 0 bridgehead atoms. The summed E-state index contributed by atoms with van der Waals surface area (Å²) >= 11 is 1.20. The normalized spacial score (nSPS) is 17.1. The van der Waals surface area contributed by atoms with Crippen LogP contribution in [0.5, 0.6) is 0 Å². The van der Waals surface area contributed by atoms with E-state index < -0.39 is 10.0 Å². The number of rotatable bonds is 4. The molecule has 2 aromatic rings. The van der Waals surface area contributed by atoms with Gasteiger partial charge in [-0.05, 0) is 55.0 Å². The van der Waals surface area contributed by atoms with E-state index in [0.717, 1.165) is 0 Å². The maximum Gasteiger partial charge on any atom is 0.252 e. The van der Waals surface area contributed by atoms with Gasteiger partial charge in [0, 0.05) is 24.6 Å². The third-order valence-corrected chi connectivity index (χ3v) is 7.63. The van der Waals surface area contributed by atoms with E-state index in [9.17, 15) is 17.6 Å². The van der Waals surface area contributed by atoms with Gasteiger partial charge in [0.1, 0.15) is 10.0 Å². The lowest BCUT2D eigenvalue weighted by Crippen LogP contribution is -2.40. The number of aryl methyl sites for hydroxylation is 1. The van der Waals surface area contributed by atoms with Crippen LogP contribution in [0.2, 0.25) is 0 Å². The van der Waals surface area contributed by atoms with E-state index in [-0.39, 0.29) is 17.5 Å². The van der Waals surface area contributed by atoms with Crippen LogP contribution in [0.1, 0.15) is 28.8 Å². The molecular formula is C17H18FNO3S2. The van der Waals surface area contributed by atoms with Gasteiger partial charge < -0.3 is 0 Å². The minimum atomic E-state index is -3.45. The summed E-state index contributed by atoms with van der Waals surface area (Å²) in [5.74, 6) is -0.584. The maximum atomic E-state index is 13.3. The van der Waals surface area contributed by atoms with Crippen LogP contribution in [0, 0.1) is 18.7 Å². The number of piperidine rings is 1. The molecule has 0 unspecified atom stereocenters. The molecule has 3 rings (SSSR count). The van der Waals surface area contributed by atoms with Crippen molar-refractivity contribution in [3.05, 3.63) is 52.7 Å². The van der Waals surface area contributed by atoms with Crippen LogP contribution in [0.15, 0.2) is 39.9 Å². The molecule has 7 heteroatoms. The van der Waals surface area contributed by atoms with Gasteiger partial charge in [0.15, 0.2) is 5.78 Å². The monoisotopic (exact) mass is 367 g/mol. The van der Waals surface area contributed by atoms with Crippen LogP contribution in [0.3, 0.4) is 0 Å². The van der Waals surface area contributed by atoms with Crippen LogP contribution >= 0.6 is 11.3 Å². The first-order valence-electron chi connectivity index (χ1n) is 7.73. The number of ketones is 1. The smallest absolute Gasteiger partial charge is 0.252 e. The summed E-state index contributed by atoms with van der Waals surface area (Å²) in [5, 5.41) is 1.74. The molecule has 0 saturated carbocycles. The second kappa shape index (κ2) is 6.74. The highest BCUT2D eigenvalue weighted by molar-refractivity contribution is 7.91. The molecule has 1 fully saturated rings. The Balaban J connectivity index is 1.69. The van der Waals surface area contributed by atoms with Crippen molar-refractivity contribution in [2.24, 2.45) is 5.92 Å². The highest BCUT2D eigenvalue weighted by atomic mass is 32.2. The minimum absolute atomic E-state index is 0.0359. The van der Waals surface area contributed by atoms with E-state index in [2.05, 4.69) is 0 Å². The third-order valence-electron chi connectivity index (χ3n) is 4.36. The lowest BCUT2D eigenvalue weighted by Gasteiger charge is -2.30. The summed E-state index contributed by atoms with van der Waals surface area (Å²) < 4.78 is 40.1. The molecule has 0 radical (unpaired) electrons. The van der Waals surface area contributed by atoms with Crippen molar-refractivity contribution < 1.29 is 17.6 Å². The number of Topliss-reactive ketones (excluding diaryl/α,β-unsaturated/α-hetero) is 1. The van der Waals surface area contributed by atoms with Gasteiger partial charge >= 0.3 is 0 Å². The zero-order valence-electron chi connectivity index (χ0n) is 13.2. The third kappa shape index (κ3) is 3.29. The van der Waals surface area contributed by atoms with Gasteiger partial charge in [-0.1, -0.05) is 6.07 Å². The Labute approximate surface area is 145 Å². The quantitative estimate of drug-likeness (QED) is 0.778. The summed E-state index contributed by atoms with van der Waals surface area (Å²) in [5.41, 5.74) is 0.937. The predicted octanol–water partition coefficient (Wildman–Crippen LogP) is 3.48. The molecule has 1 aliphatic rings. The fraction of sp³-hybridized carbons (Fsp3) is 0.353. The van der Waals surface area contributed by atoms with Crippen LogP contribution in [-0.4, -0.2) is 31.6 Å². The largest absolute Gasteiger partial charge is 0.294 e. The molecule has 1 aromatic carbocycles. The van der Waals surface area contributed by atoms with Crippen LogP contribution in [0.4, 0.5) is 4.39 Å². The number of hydrogen-bond acceptors (Lipinski definition) is 4. The summed E-state index contributed by atoms with van der Waals surface area (Å²) in [6.07, 6.45) is 0.972. The Morgan fingerprint density at radius 2 is 1.96 bits per heavy atom. The lowest BCUT2D eigenvalue weighted by molar-refractivity contribution is 0.0875. The van der Waals surface area contributed by atoms with E-state index in [0.29, 0.717) is 41.3 Å². The number of nitrogens with zero attached hydrogens (tertiary/aromatic N) is 1. The predicted molar refractivity (Wildman–Crippen MR) is 91.3 cm³/mol. The van der Waals surface area contributed by atoms with Crippen molar-refractivity contribution >= 4 is 27.1 Å². The topological polar surface area (TPSA) is 54.5 Å². The molecule has 4 nitrogen and oxygen atoms in total. The SMILES string of the molecule is Cc1cc(C(=O)C2CCN(S(=O)(=O)c3cccs3)CC2)ccc1F. The second-order valence-electron chi connectivity index (χ2n) is 5.94. The highest BCUT2D eigenvalue weighted by Crippen LogP contribution is 2.28. The molecule has 1 saturated heterocycles. The summed E-state index contributed by atoms with van der Waals surface area (Å²) in [6.45, 7) is 2.29. The lowest BCUT2D eigenvalue weighted by atomic mass is 9.89. The van der Waals surface area contributed by atoms with E-state index in [1.807, 2.05) is 0 Å². The summed E-state index contributed by atoms with van der Waals surface area (Å²) in [7, 11) is -3.45. The molecule has 2 heterocycles. The van der Waals surface area contributed by atoms with Gasteiger partial charge in [-0.2, -0.15) is 4.31 Å². The average molecular weight is 367 g/mol. The Kier molecular flexibility index (Phi) is 4.85. The fourth-order valence-electron chi connectivity index (χ4n) is 2.93. The molecule has 0 spiro atoms. The zero-order chi connectivity index (χ0) is 17.3. The van der Waals surface area contributed by atoms with E-state index in [1.54, 1.807) is 30.5 Å². The number of thiophene rings is 1. The fourth-order valence-corrected chi connectivity index (χ4v) is 5.54. The van der Waals surface area contributed by atoms with Gasteiger partial charge in [0.25, 0.3) is 10.0 Å². The maximum absolute atomic E-state index is 13.3. The Bertz CT molecular complexity index is 839. The number of carbonyl (C=O) groups excluding carboxylic acids is 1. The van der Waals surface area contributed by atoms with Gasteiger partial charge in [-0.15, -0.1) is 11.3 Å². The second-order valence-corrected chi connectivity index (χ2v) is 9.05. The number of carbonyl (C=O) groups is 1. The Hall–Kier alpha value is -1.57. The number of benzene rings is 1. The highest BCUT2D eigenvalue weighted by Gasteiger charge is 2.32. The van der Waals surface area contributed by atoms with Crippen molar-refractivity contribution in [3.63, 3.8) is 0 Å². The van der Waals surface area contributed by atoms with Crippen molar-refractivity contribution in [3.8, 4) is 0 Å². The minimum Gasteiger partial charge on any atom is -0.294 e. The molecule has 1 aromatic heterocycles. The van der Waals surface area contributed by atoms with E-state index in [4.69, 9.17) is 0 Å².